The van der Waals surface area contributed by atoms with E-state index >= 15 is 0 Å². The normalized spacial score (nSPS) is 13.7. The molecule has 0 amide bonds. The molecule has 3 nitrogen and oxygen atoms in total. The Morgan fingerprint density at radius 2 is 0.930 bits per heavy atom. The van der Waals surface area contributed by atoms with Crippen LogP contribution >= 0.6 is 10.3 Å². The van der Waals surface area contributed by atoms with Crippen molar-refractivity contribution in [1.29, 1.82) is 0 Å². The van der Waals surface area contributed by atoms with E-state index < -0.39 is 72.7 Å². The summed E-state index contributed by atoms with van der Waals surface area (Å²) in [6.07, 6.45) is -17.6. The van der Waals surface area contributed by atoms with Crippen molar-refractivity contribution in [3.8, 4) is 0 Å². The molecule has 0 radical (unpaired) electrons. The molecule has 43 heavy (non-hydrogen) atoms. The first kappa shape index (κ1) is 32.4. The lowest BCUT2D eigenvalue weighted by Crippen LogP contribution is -2.24. The van der Waals surface area contributed by atoms with E-state index in [0.29, 0.717) is 11.1 Å². The SMILES string of the molecule is Cc1cc(C)cc(S(OS(=O)(=O)c2c(C(F)(F)F)cc(C(F)(F)F)cc2C(F)(F)F)(c2ccccc2)c2ccccc2)c1. The quantitative estimate of drug-likeness (QED) is 0.195. The summed E-state index contributed by atoms with van der Waals surface area (Å²) < 4.78 is 159. The molecule has 0 N–H and O–H groups in total. The van der Waals surface area contributed by atoms with Gasteiger partial charge in [0, 0.05) is 14.7 Å². The van der Waals surface area contributed by atoms with Crippen LogP contribution in [0, 0.1) is 13.8 Å². The lowest BCUT2D eigenvalue weighted by atomic mass is 10.0. The average molecular weight is 653 g/mol. The average Bonchev–Trinajstić information content (AvgIpc) is 2.90. The summed E-state index contributed by atoms with van der Waals surface area (Å²) in [5.41, 5.74) is -6.51. The van der Waals surface area contributed by atoms with Gasteiger partial charge in [-0.15, -0.1) is 0 Å². The minimum absolute atomic E-state index is 0.0869. The Morgan fingerprint density at radius 3 is 1.28 bits per heavy atom. The molecule has 0 saturated carbocycles. The lowest BCUT2D eigenvalue weighted by molar-refractivity contribution is -0.152. The predicted molar refractivity (Wildman–Crippen MR) is 141 cm³/mol. The van der Waals surface area contributed by atoms with Crippen LogP contribution in [0.1, 0.15) is 27.8 Å². The maximum absolute atomic E-state index is 14.2. The molecule has 0 spiro atoms. The molecule has 4 aromatic rings. The second-order valence-electron chi connectivity index (χ2n) is 9.42. The molecule has 0 aliphatic carbocycles. The molecule has 0 saturated heterocycles. The summed E-state index contributed by atoms with van der Waals surface area (Å²) in [6, 6.07) is 17.9. The summed E-state index contributed by atoms with van der Waals surface area (Å²) >= 11 is 0. The van der Waals surface area contributed by atoms with Gasteiger partial charge in [0.05, 0.1) is 16.7 Å². The molecule has 0 heterocycles. The minimum Gasteiger partial charge on any atom is -0.203 e. The second kappa shape index (κ2) is 11.2. The maximum atomic E-state index is 14.2. The van der Waals surface area contributed by atoms with Crippen molar-refractivity contribution in [1.82, 2.24) is 0 Å². The van der Waals surface area contributed by atoms with Crippen molar-refractivity contribution in [3.05, 3.63) is 119 Å². The van der Waals surface area contributed by atoms with E-state index in [2.05, 4.69) is 0 Å². The fraction of sp³-hybridized carbons (Fsp3) is 0.172. The fourth-order valence-corrected chi connectivity index (χ4v) is 10.3. The highest BCUT2D eigenvalue weighted by atomic mass is 32.3. The van der Waals surface area contributed by atoms with Crippen molar-refractivity contribution in [2.24, 2.45) is 0 Å². The number of aryl methyl sites for hydroxylation is 2. The van der Waals surface area contributed by atoms with Crippen molar-refractivity contribution in [3.63, 3.8) is 0 Å². The number of halogens is 9. The first-order valence-corrected chi connectivity index (χ1v) is 15.1. The van der Waals surface area contributed by atoms with E-state index in [9.17, 15) is 47.9 Å². The predicted octanol–water partition coefficient (Wildman–Crippen LogP) is 9.96. The van der Waals surface area contributed by atoms with Crippen LogP contribution in [0.5, 0.6) is 0 Å². The van der Waals surface area contributed by atoms with Crippen LogP contribution in [0.3, 0.4) is 0 Å². The van der Waals surface area contributed by atoms with Gasteiger partial charge in [0.1, 0.15) is 4.90 Å². The van der Waals surface area contributed by atoms with Gasteiger partial charge in [-0.3, -0.25) is 0 Å². The first-order valence-electron chi connectivity index (χ1n) is 12.1. The topological polar surface area (TPSA) is 43.4 Å². The highest BCUT2D eigenvalue weighted by Crippen LogP contribution is 2.70. The molecular weight excluding hydrogens is 631 g/mol. The molecule has 4 rings (SSSR count). The van der Waals surface area contributed by atoms with Crippen molar-refractivity contribution < 1.29 is 51.6 Å². The van der Waals surface area contributed by atoms with Gasteiger partial charge in [-0.1, -0.05) is 42.5 Å². The van der Waals surface area contributed by atoms with Gasteiger partial charge in [0.15, 0.2) is 0 Å². The summed E-state index contributed by atoms with van der Waals surface area (Å²) in [5, 5.41) is 0. The van der Waals surface area contributed by atoms with Crippen LogP contribution < -0.4 is 0 Å². The van der Waals surface area contributed by atoms with Crippen LogP contribution in [0.15, 0.2) is 111 Å². The number of hydrogen-bond donors (Lipinski definition) is 0. The minimum atomic E-state index is -6.15. The van der Waals surface area contributed by atoms with Crippen molar-refractivity contribution in [2.75, 3.05) is 0 Å². The maximum Gasteiger partial charge on any atom is 0.417 e. The molecule has 4 aromatic carbocycles. The summed E-state index contributed by atoms with van der Waals surface area (Å²) in [6.45, 7) is 3.29. The Labute approximate surface area is 242 Å². The van der Waals surface area contributed by atoms with Crippen LogP contribution in [0.2, 0.25) is 0 Å². The number of hydrogen-bond acceptors (Lipinski definition) is 3. The Bertz CT molecular complexity index is 1640. The molecular formula is C29H21F9O3S2. The Hall–Kier alpha value is -3.49. The summed E-state index contributed by atoms with van der Waals surface area (Å²) in [5.74, 6) is 0. The lowest BCUT2D eigenvalue weighted by Gasteiger charge is -2.40. The van der Waals surface area contributed by atoms with E-state index in [0.717, 1.165) is 0 Å². The number of alkyl halides is 9. The van der Waals surface area contributed by atoms with E-state index in [1.165, 1.54) is 60.7 Å². The molecule has 0 unspecified atom stereocenters. The van der Waals surface area contributed by atoms with Crippen LogP contribution in [-0.2, 0) is 32.3 Å². The van der Waals surface area contributed by atoms with Crippen LogP contribution in [0.4, 0.5) is 39.5 Å². The van der Waals surface area contributed by atoms with E-state index in [1.807, 2.05) is 0 Å². The largest absolute Gasteiger partial charge is 0.417 e. The molecule has 14 heteroatoms. The van der Waals surface area contributed by atoms with Gasteiger partial charge in [0.25, 0.3) is 0 Å². The Kier molecular flexibility index (Phi) is 8.46. The molecule has 0 aromatic heterocycles. The van der Waals surface area contributed by atoms with Crippen LogP contribution in [-0.4, -0.2) is 8.42 Å². The summed E-state index contributed by atoms with van der Waals surface area (Å²) in [7, 11) is -9.84. The standard InChI is InChI=1S/C29H21F9O3S2/c1-18-13-19(2)15-23(14-18)42(21-9-5-3-6-10-21,22-11-7-4-8-12-22)41-43(39,40)26-24(28(33,34)35)16-20(27(30,31)32)17-25(26)29(36,37)38/h3-17H,1-2H3. The van der Waals surface area contributed by atoms with Gasteiger partial charge in [-0.05, 0) is 83.8 Å². The number of rotatable bonds is 6. The van der Waals surface area contributed by atoms with Gasteiger partial charge in [0.2, 0.25) is 0 Å². The smallest absolute Gasteiger partial charge is 0.203 e. The van der Waals surface area contributed by atoms with Gasteiger partial charge >= 0.3 is 28.6 Å². The monoisotopic (exact) mass is 652 g/mol. The van der Waals surface area contributed by atoms with E-state index in [1.54, 1.807) is 32.0 Å². The third-order valence-electron chi connectivity index (χ3n) is 6.15. The van der Waals surface area contributed by atoms with Crippen molar-refractivity contribution >= 4 is 20.4 Å². The number of benzene rings is 4. The first-order chi connectivity index (χ1) is 19.8. The highest BCUT2D eigenvalue weighted by Gasteiger charge is 2.50. The van der Waals surface area contributed by atoms with Gasteiger partial charge < -0.3 is 0 Å². The van der Waals surface area contributed by atoms with E-state index in [4.69, 9.17) is 3.63 Å². The zero-order valence-corrected chi connectivity index (χ0v) is 23.7. The fourth-order valence-electron chi connectivity index (χ4n) is 4.50. The third-order valence-corrected chi connectivity index (χ3v) is 11.4. The zero-order valence-electron chi connectivity index (χ0n) is 22.1. The van der Waals surface area contributed by atoms with Crippen LogP contribution in [0.25, 0.3) is 0 Å². The van der Waals surface area contributed by atoms with Gasteiger partial charge in [-0.2, -0.15) is 47.9 Å². The molecule has 0 bridgehead atoms. The Morgan fingerprint density at radius 1 is 0.535 bits per heavy atom. The highest BCUT2D eigenvalue weighted by molar-refractivity contribution is 8.33. The second-order valence-corrected chi connectivity index (χ2v) is 13.8. The van der Waals surface area contributed by atoms with E-state index in [-0.39, 0.29) is 14.7 Å². The molecule has 230 valence electrons. The third kappa shape index (κ3) is 6.55. The molecule has 0 fully saturated rings. The summed E-state index contributed by atoms with van der Waals surface area (Å²) in [4.78, 5) is -2.18. The Balaban J connectivity index is 2.17. The zero-order chi connectivity index (χ0) is 32.0. The van der Waals surface area contributed by atoms with Crippen molar-refractivity contribution in [2.45, 2.75) is 52.0 Å². The molecule has 0 atom stereocenters. The van der Waals surface area contributed by atoms with Gasteiger partial charge in [-0.25, -0.2) is 3.63 Å². The molecule has 0 aliphatic rings. The molecule has 0 aliphatic heterocycles.